The van der Waals surface area contributed by atoms with Gasteiger partial charge in [-0.05, 0) is 18.2 Å². The monoisotopic (exact) mass is 289 g/mol. The zero-order valence-corrected chi connectivity index (χ0v) is 10.9. The van der Waals surface area contributed by atoms with Crippen LogP contribution in [0.15, 0.2) is 24.3 Å². The molecule has 1 atom stereocenters. The summed E-state index contributed by atoms with van der Waals surface area (Å²) in [6.07, 6.45) is -4.52. The molecule has 0 aliphatic rings. The average molecular weight is 289 g/mol. The van der Waals surface area contributed by atoms with Crippen LogP contribution in [0.4, 0.5) is 18.9 Å². The van der Waals surface area contributed by atoms with E-state index in [1.165, 1.54) is 26.0 Å². The maximum absolute atomic E-state index is 12.6. The standard InChI is InChI=1S/C13H14F3NO3/c1-8(12(19)20)7-17(9(2)18)11-5-3-4-10(6-11)13(14,15)16/h3-6,8H,7H2,1-2H3,(H,19,20). The van der Waals surface area contributed by atoms with Gasteiger partial charge in [-0.3, -0.25) is 9.59 Å². The third kappa shape index (κ3) is 3.97. The highest BCUT2D eigenvalue weighted by Gasteiger charge is 2.31. The molecule has 1 unspecified atom stereocenters. The summed E-state index contributed by atoms with van der Waals surface area (Å²) in [5.41, 5.74) is -0.857. The van der Waals surface area contributed by atoms with Crippen molar-refractivity contribution < 1.29 is 27.9 Å². The average Bonchev–Trinajstić information content (AvgIpc) is 2.34. The van der Waals surface area contributed by atoms with Gasteiger partial charge in [-0.1, -0.05) is 13.0 Å². The van der Waals surface area contributed by atoms with Crippen LogP contribution in [0.2, 0.25) is 0 Å². The summed E-state index contributed by atoms with van der Waals surface area (Å²) in [4.78, 5) is 23.3. The number of halogens is 3. The van der Waals surface area contributed by atoms with Crippen molar-refractivity contribution in [2.45, 2.75) is 20.0 Å². The smallest absolute Gasteiger partial charge is 0.416 e. The van der Waals surface area contributed by atoms with Crippen molar-refractivity contribution in [3.8, 4) is 0 Å². The normalized spacial score (nSPS) is 12.8. The fourth-order valence-electron chi connectivity index (χ4n) is 1.62. The van der Waals surface area contributed by atoms with E-state index in [1.54, 1.807) is 0 Å². The van der Waals surface area contributed by atoms with Crippen LogP contribution in [-0.4, -0.2) is 23.5 Å². The van der Waals surface area contributed by atoms with Gasteiger partial charge in [-0.25, -0.2) is 0 Å². The first-order valence-corrected chi connectivity index (χ1v) is 5.81. The number of anilines is 1. The number of carbonyl (C=O) groups is 2. The van der Waals surface area contributed by atoms with Crippen LogP contribution < -0.4 is 4.90 Å². The first-order chi connectivity index (χ1) is 9.12. The van der Waals surface area contributed by atoms with Crippen LogP contribution in [0, 0.1) is 5.92 Å². The van der Waals surface area contributed by atoms with Crippen molar-refractivity contribution in [2.75, 3.05) is 11.4 Å². The van der Waals surface area contributed by atoms with Crippen molar-refractivity contribution in [1.82, 2.24) is 0 Å². The highest BCUT2D eigenvalue weighted by molar-refractivity contribution is 5.92. The number of hydrogen-bond donors (Lipinski definition) is 1. The van der Waals surface area contributed by atoms with Crippen molar-refractivity contribution in [1.29, 1.82) is 0 Å². The number of carboxylic acid groups (broad SMARTS) is 1. The summed E-state index contributed by atoms with van der Waals surface area (Å²) < 4.78 is 37.9. The Kier molecular flexibility index (Phi) is 4.75. The molecule has 7 heteroatoms. The van der Waals surface area contributed by atoms with Gasteiger partial charge in [0.1, 0.15) is 0 Å². The molecule has 0 saturated heterocycles. The van der Waals surface area contributed by atoms with Gasteiger partial charge in [0.2, 0.25) is 5.91 Å². The molecular formula is C13H14F3NO3. The Morgan fingerprint density at radius 3 is 2.40 bits per heavy atom. The van der Waals surface area contributed by atoms with Crippen LogP contribution >= 0.6 is 0 Å². The van der Waals surface area contributed by atoms with E-state index in [4.69, 9.17) is 5.11 Å². The van der Waals surface area contributed by atoms with E-state index in [0.29, 0.717) is 0 Å². The van der Waals surface area contributed by atoms with E-state index in [2.05, 4.69) is 0 Å². The number of aliphatic carboxylic acids is 1. The number of alkyl halides is 3. The summed E-state index contributed by atoms with van der Waals surface area (Å²) in [7, 11) is 0. The Morgan fingerprint density at radius 2 is 1.95 bits per heavy atom. The molecule has 1 aromatic rings. The summed E-state index contributed by atoms with van der Waals surface area (Å²) in [6.45, 7) is 2.37. The molecule has 20 heavy (non-hydrogen) atoms. The second-order valence-electron chi connectivity index (χ2n) is 4.42. The van der Waals surface area contributed by atoms with Gasteiger partial charge < -0.3 is 10.0 Å². The van der Waals surface area contributed by atoms with E-state index in [-0.39, 0.29) is 12.2 Å². The molecular weight excluding hydrogens is 275 g/mol. The van der Waals surface area contributed by atoms with Gasteiger partial charge in [0.15, 0.2) is 0 Å². The quantitative estimate of drug-likeness (QED) is 0.927. The van der Waals surface area contributed by atoms with Crippen molar-refractivity contribution in [3.05, 3.63) is 29.8 Å². The van der Waals surface area contributed by atoms with E-state index in [0.717, 1.165) is 17.0 Å². The van der Waals surface area contributed by atoms with Gasteiger partial charge in [-0.2, -0.15) is 13.2 Å². The molecule has 4 nitrogen and oxygen atoms in total. The van der Waals surface area contributed by atoms with Crippen molar-refractivity contribution in [2.24, 2.45) is 5.92 Å². The zero-order chi connectivity index (χ0) is 15.5. The minimum Gasteiger partial charge on any atom is -0.481 e. The van der Waals surface area contributed by atoms with Crippen LogP contribution in [-0.2, 0) is 15.8 Å². The summed E-state index contributed by atoms with van der Waals surface area (Å²) in [5, 5.41) is 8.83. The molecule has 0 aliphatic carbocycles. The second kappa shape index (κ2) is 5.94. The topological polar surface area (TPSA) is 57.6 Å². The Balaban J connectivity index is 3.10. The highest BCUT2D eigenvalue weighted by atomic mass is 19.4. The van der Waals surface area contributed by atoms with Crippen LogP contribution in [0.1, 0.15) is 19.4 Å². The van der Waals surface area contributed by atoms with Gasteiger partial charge >= 0.3 is 12.1 Å². The molecule has 0 saturated carbocycles. The Labute approximate surface area is 113 Å². The maximum Gasteiger partial charge on any atom is 0.416 e. The molecule has 1 N–H and O–H groups in total. The number of hydrogen-bond acceptors (Lipinski definition) is 2. The minimum atomic E-state index is -4.52. The molecule has 0 fully saturated rings. The van der Waals surface area contributed by atoms with Crippen LogP contribution in [0.25, 0.3) is 0 Å². The van der Waals surface area contributed by atoms with Gasteiger partial charge in [0, 0.05) is 19.2 Å². The van der Waals surface area contributed by atoms with E-state index >= 15 is 0 Å². The molecule has 0 heterocycles. The predicted octanol–water partition coefficient (Wildman–Crippen LogP) is 2.78. The zero-order valence-electron chi connectivity index (χ0n) is 10.9. The lowest BCUT2D eigenvalue weighted by Crippen LogP contribution is -2.35. The number of amides is 1. The molecule has 0 radical (unpaired) electrons. The van der Waals surface area contributed by atoms with Crippen LogP contribution in [0.3, 0.4) is 0 Å². The third-order valence-electron chi connectivity index (χ3n) is 2.74. The van der Waals surface area contributed by atoms with E-state index in [9.17, 15) is 22.8 Å². The molecule has 0 aromatic heterocycles. The number of carboxylic acids is 1. The molecule has 0 bridgehead atoms. The van der Waals surface area contributed by atoms with Crippen LogP contribution in [0.5, 0.6) is 0 Å². The maximum atomic E-state index is 12.6. The second-order valence-corrected chi connectivity index (χ2v) is 4.42. The number of benzene rings is 1. The Morgan fingerprint density at radius 1 is 1.35 bits per heavy atom. The SMILES string of the molecule is CC(=O)N(CC(C)C(=O)O)c1cccc(C(F)(F)F)c1. The fraction of sp³-hybridized carbons (Fsp3) is 0.385. The Bertz CT molecular complexity index is 514. The van der Waals surface area contributed by atoms with Gasteiger partial charge in [0.05, 0.1) is 11.5 Å². The number of nitrogens with zero attached hydrogens (tertiary/aromatic N) is 1. The minimum absolute atomic E-state index is 0.0282. The predicted molar refractivity (Wildman–Crippen MR) is 66.3 cm³/mol. The lowest BCUT2D eigenvalue weighted by Gasteiger charge is -2.24. The largest absolute Gasteiger partial charge is 0.481 e. The first-order valence-electron chi connectivity index (χ1n) is 5.81. The fourth-order valence-corrected chi connectivity index (χ4v) is 1.62. The lowest BCUT2D eigenvalue weighted by atomic mass is 10.1. The molecule has 1 amide bonds. The van der Waals surface area contributed by atoms with Crippen molar-refractivity contribution >= 4 is 17.6 Å². The molecule has 1 rings (SSSR count). The molecule has 110 valence electrons. The molecule has 0 aliphatic heterocycles. The first kappa shape index (κ1) is 16.0. The van der Waals surface area contributed by atoms with Crippen molar-refractivity contribution in [3.63, 3.8) is 0 Å². The lowest BCUT2D eigenvalue weighted by molar-refractivity contribution is -0.141. The summed E-state index contributed by atoms with van der Waals surface area (Å²) in [6, 6.07) is 4.24. The molecule has 1 aromatic carbocycles. The third-order valence-corrected chi connectivity index (χ3v) is 2.74. The summed E-state index contributed by atoms with van der Waals surface area (Å²) >= 11 is 0. The van der Waals surface area contributed by atoms with Gasteiger partial charge in [0.25, 0.3) is 0 Å². The van der Waals surface area contributed by atoms with Gasteiger partial charge in [-0.15, -0.1) is 0 Å². The Hall–Kier alpha value is -2.05. The van der Waals surface area contributed by atoms with E-state index < -0.39 is 29.5 Å². The number of rotatable bonds is 4. The molecule has 0 spiro atoms. The van der Waals surface area contributed by atoms with E-state index in [1.807, 2.05) is 0 Å². The highest BCUT2D eigenvalue weighted by Crippen LogP contribution is 2.31. The summed E-state index contributed by atoms with van der Waals surface area (Å²) in [5.74, 6) is -2.52. The number of carbonyl (C=O) groups excluding carboxylic acids is 1.